The number of urea groups is 1. The van der Waals surface area contributed by atoms with Crippen molar-refractivity contribution in [3.63, 3.8) is 0 Å². The zero-order valence-corrected chi connectivity index (χ0v) is 13.3. The Bertz CT molecular complexity index is 711. The van der Waals surface area contributed by atoms with E-state index in [9.17, 15) is 4.79 Å². The zero-order valence-electron chi connectivity index (χ0n) is 12.5. The number of hydrogen-bond acceptors (Lipinski definition) is 5. The summed E-state index contributed by atoms with van der Waals surface area (Å²) in [6, 6.07) is 7.45. The van der Waals surface area contributed by atoms with Gasteiger partial charge >= 0.3 is 6.03 Å². The van der Waals surface area contributed by atoms with E-state index in [1.54, 1.807) is 4.90 Å². The number of halogens is 1. The summed E-state index contributed by atoms with van der Waals surface area (Å²) in [5.41, 5.74) is 7.46. The Morgan fingerprint density at radius 1 is 1.26 bits per heavy atom. The maximum atomic E-state index is 11.6. The van der Waals surface area contributed by atoms with Gasteiger partial charge in [0.15, 0.2) is 5.82 Å². The molecule has 1 aromatic heterocycles. The first kappa shape index (κ1) is 15.8. The van der Waals surface area contributed by atoms with E-state index in [4.69, 9.17) is 10.3 Å². The van der Waals surface area contributed by atoms with Gasteiger partial charge in [-0.1, -0.05) is 5.16 Å². The van der Waals surface area contributed by atoms with Gasteiger partial charge in [-0.3, -0.25) is 4.90 Å². The van der Waals surface area contributed by atoms with E-state index in [0.717, 1.165) is 30.5 Å². The standard InChI is InChI=1S/C15H17N5O2.ClH/c16-15(6-1-7-15)13-18-12(22-19-13)10-2-4-11(5-3-10)20-9-8-17-14(20)21;/h2-5H,1,6-9,16H2,(H,17,21);1H. The Balaban J connectivity index is 0.00000156. The Morgan fingerprint density at radius 3 is 2.57 bits per heavy atom. The van der Waals surface area contributed by atoms with Crippen LogP contribution in [0.3, 0.4) is 0 Å². The Labute approximate surface area is 139 Å². The molecule has 0 radical (unpaired) electrons. The van der Waals surface area contributed by atoms with Crippen LogP contribution in [0, 0.1) is 0 Å². The fraction of sp³-hybridized carbons (Fsp3) is 0.400. The van der Waals surface area contributed by atoms with Crippen LogP contribution < -0.4 is 16.0 Å². The molecule has 2 heterocycles. The number of carbonyl (C=O) groups excluding carboxylic acids is 1. The number of rotatable bonds is 3. The lowest BCUT2D eigenvalue weighted by molar-refractivity contribution is 0.229. The summed E-state index contributed by atoms with van der Waals surface area (Å²) in [4.78, 5) is 17.8. The van der Waals surface area contributed by atoms with Gasteiger partial charge in [0.05, 0.1) is 5.54 Å². The Hall–Kier alpha value is -2.12. The van der Waals surface area contributed by atoms with Crippen LogP contribution in [0.2, 0.25) is 0 Å². The van der Waals surface area contributed by atoms with Crippen LogP contribution in [0.5, 0.6) is 0 Å². The van der Waals surface area contributed by atoms with Crippen molar-refractivity contribution in [3.05, 3.63) is 30.1 Å². The second-order valence-corrected chi connectivity index (χ2v) is 5.86. The fourth-order valence-corrected chi connectivity index (χ4v) is 2.83. The normalized spacial score (nSPS) is 19.0. The SMILES string of the molecule is Cl.NC1(c2noc(-c3ccc(N4CCNC4=O)cc3)n2)CCC1. The number of benzene rings is 1. The minimum absolute atomic E-state index is 0. The fourth-order valence-electron chi connectivity index (χ4n) is 2.83. The van der Waals surface area contributed by atoms with E-state index in [-0.39, 0.29) is 18.4 Å². The molecule has 4 rings (SSSR count). The van der Waals surface area contributed by atoms with Crippen LogP contribution in [0.4, 0.5) is 10.5 Å². The Morgan fingerprint density at radius 2 is 2.00 bits per heavy atom. The number of hydrogen-bond donors (Lipinski definition) is 2. The van der Waals surface area contributed by atoms with Crippen molar-refractivity contribution in [1.82, 2.24) is 15.5 Å². The third-order valence-corrected chi connectivity index (χ3v) is 4.40. The van der Waals surface area contributed by atoms with Gasteiger partial charge in [-0.15, -0.1) is 12.4 Å². The van der Waals surface area contributed by atoms with Gasteiger partial charge in [0.2, 0.25) is 0 Å². The average molecular weight is 336 g/mol. The molecule has 3 N–H and O–H groups in total. The maximum absolute atomic E-state index is 11.6. The molecule has 1 saturated heterocycles. The molecule has 23 heavy (non-hydrogen) atoms. The number of carbonyl (C=O) groups is 1. The largest absolute Gasteiger partial charge is 0.336 e. The smallest absolute Gasteiger partial charge is 0.321 e. The third-order valence-electron chi connectivity index (χ3n) is 4.40. The number of aromatic nitrogens is 2. The average Bonchev–Trinajstić information content (AvgIpc) is 3.14. The first-order chi connectivity index (χ1) is 10.7. The number of nitrogens with one attached hydrogen (secondary N) is 1. The zero-order chi connectivity index (χ0) is 15.2. The van der Waals surface area contributed by atoms with Gasteiger partial charge in [0, 0.05) is 24.3 Å². The molecule has 1 aliphatic carbocycles. The number of nitrogens with zero attached hydrogens (tertiary/aromatic N) is 3. The molecule has 2 aliphatic rings. The van der Waals surface area contributed by atoms with Gasteiger partial charge in [-0.25, -0.2) is 4.79 Å². The van der Waals surface area contributed by atoms with Gasteiger partial charge < -0.3 is 15.6 Å². The molecule has 2 fully saturated rings. The molecule has 122 valence electrons. The summed E-state index contributed by atoms with van der Waals surface area (Å²) in [6.07, 6.45) is 2.90. The highest BCUT2D eigenvalue weighted by molar-refractivity contribution is 5.94. The number of amides is 2. The van der Waals surface area contributed by atoms with Crippen molar-refractivity contribution in [2.24, 2.45) is 5.73 Å². The molecule has 0 bridgehead atoms. The van der Waals surface area contributed by atoms with Crippen LogP contribution >= 0.6 is 12.4 Å². The second kappa shape index (κ2) is 5.82. The van der Waals surface area contributed by atoms with Crippen LogP contribution in [0.15, 0.2) is 28.8 Å². The van der Waals surface area contributed by atoms with E-state index < -0.39 is 5.54 Å². The highest BCUT2D eigenvalue weighted by Crippen LogP contribution is 2.37. The van der Waals surface area contributed by atoms with Gasteiger partial charge in [0.25, 0.3) is 5.89 Å². The molecular weight excluding hydrogens is 318 g/mol. The predicted molar refractivity (Wildman–Crippen MR) is 87.4 cm³/mol. The maximum Gasteiger partial charge on any atom is 0.321 e. The summed E-state index contributed by atoms with van der Waals surface area (Å²) in [7, 11) is 0. The van der Waals surface area contributed by atoms with Crippen molar-refractivity contribution < 1.29 is 9.32 Å². The van der Waals surface area contributed by atoms with E-state index in [1.807, 2.05) is 24.3 Å². The van der Waals surface area contributed by atoms with Crippen LogP contribution in [-0.4, -0.2) is 29.3 Å². The summed E-state index contributed by atoms with van der Waals surface area (Å²) >= 11 is 0. The molecular formula is C15H18ClN5O2. The van der Waals surface area contributed by atoms with Crippen molar-refractivity contribution in [2.45, 2.75) is 24.8 Å². The summed E-state index contributed by atoms with van der Waals surface area (Å²) in [5.74, 6) is 1.04. The van der Waals surface area contributed by atoms with E-state index >= 15 is 0 Å². The molecule has 1 aliphatic heterocycles. The van der Waals surface area contributed by atoms with Crippen molar-refractivity contribution >= 4 is 24.1 Å². The van der Waals surface area contributed by atoms with Gasteiger partial charge in [-0.2, -0.15) is 4.98 Å². The summed E-state index contributed by atoms with van der Waals surface area (Å²) in [6.45, 7) is 1.35. The molecule has 8 heteroatoms. The van der Waals surface area contributed by atoms with E-state index in [1.165, 1.54) is 0 Å². The van der Waals surface area contributed by atoms with Crippen LogP contribution in [-0.2, 0) is 5.54 Å². The monoisotopic (exact) mass is 335 g/mol. The highest BCUT2D eigenvalue weighted by Gasteiger charge is 2.39. The Kier molecular flexibility index (Phi) is 3.99. The van der Waals surface area contributed by atoms with Crippen molar-refractivity contribution in [1.29, 1.82) is 0 Å². The van der Waals surface area contributed by atoms with E-state index in [0.29, 0.717) is 24.8 Å². The summed E-state index contributed by atoms with van der Waals surface area (Å²) in [5, 5.41) is 6.79. The van der Waals surface area contributed by atoms with Crippen LogP contribution in [0.1, 0.15) is 25.1 Å². The van der Waals surface area contributed by atoms with Crippen LogP contribution in [0.25, 0.3) is 11.5 Å². The quantitative estimate of drug-likeness (QED) is 0.894. The lowest BCUT2D eigenvalue weighted by Crippen LogP contribution is -2.44. The topological polar surface area (TPSA) is 97.3 Å². The first-order valence-corrected chi connectivity index (χ1v) is 7.45. The van der Waals surface area contributed by atoms with Crippen molar-refractivity contribution in [3.8, 4) is 11.5 Å². The van der Waals surface area contributed by atoms with Gasteiger partial charge in [0.1, 0.15) is 0 Å². The lowest BCUT2D eigenvalue weighted by atomic mass is 9.77. The molecule has 0 atom stereocenters. The molecule has 7 nitrogen and oxygen atoms in total. The predicted octanol–water partition coefficient (Wildman–Crippen LogP) is 2.03. The molecule has 1 saturated carbocycles. The number of nitrogens with two attached hydrogens (primary N) is 1. The second-order valence-electron chi connectivity index (χ2n) is 5.86. The third kappa shape index (κ3) is 2.66. The van der Waals surface area contributed by atoms with Gasteiger partial charge in [-0.05, 0) is 43.5 Å². The minimum atomic E-state index is -0.421. The van der Waals surface area contributed by atoms with Crippen molar-refractivity contribution in [2.75, 3.05) is 18.0 Å². The molecule has 2 amide bonds. The molecule has 0 unspecified atom stereocenters. The number of anilines is 1. The summed E-state index contributed by atoms with van der Waals surface area (Å²) < 4.78 is 5.33. The highest BCUT2D eigenvalue weighted by atomic mass is 35.5. The minimum Gasteiger partial charge on any atom is -0.336 e. The molecule has 1 aromatic carbocycles. The first-order valence-electron chi connectivity index (χ1n) is 7.45. The molecule has 2 aromatic rings. The van der Waals surface area contributed by atoms with E-state index in [2.05, 4.69) is 15.5 Å². The molecule has 0 spiro atoms. The lowest BCUT2D eigenvalue weighted by Gasteiger charge is -2.34.